The molecular weight excluding hydrogens is 419 g/mol. The van der Waals surface area contributed by atoms with Crippen LogP contribution in [0.2, 0.25) is 0 Å². The van der Waals surface area contributed by atoms with E-state index in [9.17, 15) is 14.0 Å². The van der Waals surface area contributed by atoms with Gasteiger partial charge in [-0.3, -0.25) is 14.7 Å². The number of hydrogen-bond acceptors (Lipinski definition) is 3. The van der Waals surface area contributed by atoms with Gasteiger partial charge in [0.05, 0.1) is 16.8 Å². The highest BCUT2D eigenvalue weighted by atomic mass is 19.1. The molecule has 1 amide bonds. The van der Waals surface area contributed by atoms with Crippen LogP contribution in [0.4, 0.5) is 4.39 Å². The molecule has 4 aromatic rings. The van der Waals surface area contributed by atoms with Crippen LogP contribution in [-0.4, -0.2) is 39.2 Å². The Morgan fingerprint density at radius 3 is 2.61 bits per heavy atom. The van der Waals surface area contributed by atoms with Crippen molar-refractivity contribution in [1.82, 2.24) is 19.7 Å². The number of nitrogens with zero attached hydrogens (tertiary/aromatic N) is 3. The van der Waals surface area contributed by atoms with E-state index < -0.39 is 0 Å². The van der Waals surface area contributed by atoms with Gasteiger partial charge in [-0.05, 0) is 55.7 Å². The normalized spacial score (nSPS) is 11.1. The number of pyridine rings is 1. The summed E-state index contributed by atoms with van der Waals surface area (Å²) >= 11 is 0. The summed E-state index contributed by atoms with van der Waals surface area (Å²) in [5.74, 6) is -0.401. The second kappa shape index (κ2) is 9.81. The molecule has 0 spiro atoms. The number of benzene rings is 2. The van der Waals surface area contributed by atoms with Gasteiger partial charge in [0.2, 0.25) is 0 Å². The minimum Gasteiger partial charge on any atom is -0.342 e. The predicted molar refractivity (Wildman–Crippen MR) is 128 cm³/mol. The highest BCUT2D eigenvalue weighted by molar-refractivity contribution is 6.06. The Labute approximate surface area is 191 Å². The third-order valence-corrected chi connectivity index (χ3v) is 5.94. The molecule has 6 nitrogen and oxygen atoms in total. The topological polar surface area (TPSA) is 71.0 Å². The average molecular weight is 447 g/mol. The minimum absolute atomic E-state index is 0.138. The van der Waals surface area contributed by atoms with Crippen LogP contribution in [0.15, 0.2) is 65.5 Å². The lowest BCUT2D eigenvalue weighted by molar-refractivity contribution is 0.0794. The van der Waals surface area contributed by atoms with Gasteiger partial charge in [0.15, 0.2) is 0 Å². The molecule has 2 aromatic heterocycles. The first-order valence-corrected chi connectivity index (χ1v) is 11.1. The lowest BCUT2D eigenvalue weighted by Gasteiger charge is -2.18. The predicted octanol–water partition coefficient (Wildman–Crippen LogP) is 4.55. The lowest BCUT2D eigenvalue weighted by Crippen LogP contribution is -2.30. The summed E-state index contributed by atoms with van der Waals surface area (Å²) in [6, 6.07) is 17.2. The van der Waals surface area contributed by atoms with Crippen molar-refractivity contribution < 1.29 is 9.18 Å². The zero-order valence-electron chi connectivity index (χ0n) is 18.8. The number of carbonyl (C=O) groups excluding carboxylic acids is 1. The number of hydrogen-bond donors (Lipinski definition) is 1. The fraction of sp³-hybridized carbons (Fsp3) is 0.269. The van der Waals surface area contributed by atoms with Crippen molar-refractivity contribution in [2.24, 2.45) is 7.05 Å². The Kier molecular flexibility index (Phi) is 6.68. The zero-order valence-corrected chi connectivity index (χ0v) is 18.8. The summed E-state index contributed by atoms with van der Waals surface area (Å²) in [4.78, 5) is 27.0. The summed E-state index contributed by atoms with van der Waals surface area (Å²) in [6.45, 7) is 0.617. The molecule has 2 heterocycles. The van der Waals surface area contributed by atoms with Gasteiger partial charge in [-0.1, -0.05) is 24.6 Å². The van der Waals surface area contributed by atoms with Gasteiger partial charge in [0, 0.05) is 43.4 Å². The number of halogens is 1. The first-order chi connectivity index (χ1) is 15.9. The molecule has 0 fully saturated rings. The number of carbonyl (C=O) groups is 1. The Hall–Kier alpha value is -3.74. The molecule has 2 aromatic carbocycles. The van der Waals surface area contributed by atoms with Gasteiger partial charge < -0.3 is 9.47 Å². The Bertz CT molecular complexity index is 1320. The number of aryl methyl sites for hydroxylation is 2. The van der Waals surface area contributed by atoms with Crippen LogP contribution in [0.5, 0.6) is 0 Å². The smallest absolute Gasteiger partial charge is 0.254 e. The maximum absolute atomic E-state index is 13.1. The molecule has 0 atom stereocenters. The maximum Gasteiger partial charge on any atom is 0.254 e. The molecule has 7 heteroatoms. The summed E-state index contributed by atoms with van der Waals surface area (Å²) in [5, 5.41) is 8.14. The van der Waals surface area contributed by atoms with Gasteiger partial charge in [-0.25, -0.2) is 4.39 Å². The van der Waals surface area contributed by atoms with E-state index in [0.29, 0.717) is 12.1 Å². The fourth-order valence-corrected chi connectivity index (χ4v) is 3.99. The summed E-state index contributed by atoms with van der Waals surface area (Å²) in [6.07, 6.45) is 3.64. The molecule has 0 radical (unpaired) electrons. The first kappa shape index (κ1) is 22.5. The molecule has 170 valence electrons. The van der Waals surface area contributed by atoms with Crippen molar-refractivity contribution in [1.29, 1.82) is 0 Å². The Morgan fingerprint density at radius 1 is 1.06 bits per heavy atom. The number of H-pyrrole nitrogens is 1. The van der Waals surface area contributed by atoms with Crippen LogP contribution in [0.1, 0.15) is 35.3 Å². The molecule has 1 N–H and O–H groups in total. The number of fused-ring (bicyclic) bond motifs is 1. The van der Waals surface area contributed by atoms with E-state index >= 15 is 0 Å². The van der Waals surface area contributed by atoms with Crippen molar-refractivity contribution in [2.45, 2.75) is 25.7 Å². The van der Waals surface area contributed by atoms with Gasteiger partial charge in [0.25, 0.3) is 11.5 Å². The number of para-hydroxylation sites is 1. The molecule has 0 saturated heterocycles. The van der Waals surface area contributed by atoms with Crippen LogP contribution in [0.3, 0.4) is 0 Å². The monoisotopic (exact) mass is 446 g/mol. The molecule has 0 aliphatic heterocycles. The van der Waals surface area contributed by atoms with Gasteiger partial charge in [-0.15, -0.1) is 0 Å². The zero-order chi connectivity index (χ0) is 23.4. The molecule has 0 aliphatic rings. The summed E-state index contributed by atoms with van der Waals surface area (Å²) in [7, 11) is 3.49. The lowest BCUT2D eigenvalue weighted by atomic mass is 10.1. The first-order valence-electron chi connectivity index (χ1n) is 11.1. The van der Waals surface area contributed by atoms with E-state index in [1.165, 1.54) is 18.2 Å². The SMILES string of the molecule is CN(CCCCCc1cc(-c2ccc(F)cc2)n[nH]1)C(=O)c1cc(=O)n(C)c2ccccc12. The van der Waals surface area contributed by atoms with Gasteiger partial charge in [-0.2, -0.15) is 5.10 Å². The van der Waals surface area contributed by atoms with E-state index in [1.54, 1.807) is 35.7 Å². The summed E-state index contributed by atoms with van der Waals surface area (Å²) < 4.78 is 14.6. The molecule has 0 saturated carbocycles. The maximum atomic E-state index is 13.1. The van der Waals surface area contributed by atoms with Crippen molar-refractivity contribution >= 4 is 16.8 Å². The molecule has 0 bridgehead atoms. The standard InChI is InChI=1S/C26H27FN4O2/c1-30(26(33)22-17-25(32)31(2)24-10-6-5-9-21(22)24)15-7-3-4-8-20-16-23(29-28-20)18-11-13-19(27)14-12-18/h5-6,9-14,16-17H,3-4,7-8,15H2,1-2H3,(H,28,29). The fourth-order valence-electron chi connectivity index (χ4n) is 3.99. The van der Waals surface area contributed by atoms with E-state index in [-0.39, 0.29) is 17.3 Å². The van der Waals surface area contributed by atoms with Crippen molar-refractivity contribution in [3.63, 3.8) is 0 Å². The van der Waals surface area contributed by atoms with E-state index in [2.05, 4.69) is 10.2 Å². The molecule has 33 heavy (non-hydrogen) atoms. The van der Waals surface area contributed by atoms with Crippen LogP contribution in [0, 0.1) is 5.82 Å². The third-order valence-electron chi connectivity index (χ3n) is 5.94. The van der Waals surface area contributed by atoms with Crippen LogP contribution < -0.4 is 5.56 Å². The van der Waals surface area contributed by atoms with Crippen LogP contribution in [-0.2, 0) is 13.5 Å². The van der Waals surface area contributed by atoms with Crippen LogP contribution >= 0.6 is 0 Å². The number of aromatic amines is 1. The van der Waals surface area contributed by atoms with E-state index in [1.807, 2.05) is 30.3 Å². The number of rotatable bonds is 8. The van der Waals surface area contributed by atoms with E-state index in [0.717, 1.165) is 53.5 Å². The van der Waals surface area contributed by atoms with E-state index in [4.69, 9.17) is 0 Å². The highest BCUT2D eigenvalue weighted by Crippen LogP contribution is 2.20. The molecule has 4 rings (SSSR count). The number of aromatic nitrogens is 3. The quantitative estimate of drug-likeness (QED) is 0.404. The minimum atomic E-state index is -0.263. The Morgan fingerprint density at radius 2 is 1.82 bits per heavy atom. The van der Waals surface area contributed by atoms with Crippen LogP contribution in [0.25, 0.3) is 22.2 Å². The van der Waals surface area contributed by atoms with Crippen molar-refractivity contribution in [2.75, 3.05) is 13.6 Å². The second-order valence-electron chi connectivity index (χ2n) is 8.30. The van der Waals surface area contributed by atoms with Crippen molar-refractivity contribution in [3.05, 3.63) is 88.1 Å². The molecule has 0 aliphatic carbocycles. The third kappa shape index (κ3) is 5.03. The summed E-state index contributed by atoms with van der Waals surface area (Å²) in [5.41, 5.74) is 3.72. The Balaban J connectivity index is 1.29. The highest BCUT2D eigenvalue weighted by Gasteiger charge is 2.17. The number of nitrogens with one attached hydrogen (secondary N) is 1. The van der Waals surface area contributed by atoms with Crippen molar-refractivity contribution in [3.8, 4) is 11.3 Å². The second-order valence-corrected chi connectivity index (χ2v) is 8.30. The largest absolute Gasteiger partial charge is 0.342 e. The molecule has 0 unspecified atom stereocenters. The van der Waals surface area contributed by atoms with Gasteiger partial charge >= 0.3 is 0 Å². The molecular formula is C26H27FN4O2. The number of amides is 1. The average Bonchev–Trinajstić information content (AvgIpc) is 3.30. The van der Waals surface area contributed by atoms with Gasteiger partial charge in [0.1, 0.15) is 5.82 Å². The number of unbranched alkanes of at least 4 members (excludes halogenated alkanes) is 2.